The van der Waals surface area contributed by atoms with Crippen LogP contribution >= 0.6 is 0 Å². The van der Waals surface area contributed by atoms with Gasteiger partial charge in [-0.1, -0.05) is 12.1 Å². The molecule has 3 fully saturated rings. The summed E-state index contributed by atoms with van der Waals surface area (Å²) in [6.45, 7) is 8.04. The second-order valence-corrected chi connectivity index (χ2v) is 5.93. The van der Waals surface area contributed by atoms with Gasteiger partial charge in [0.2, 0.25) is 0 Å². The van der Waals surface area contributed by atoms with Crippen LogP contribution in [-0.4, -0.2) is 50.3 Å². The summed E-state index contributed by atoms with van der Waals surface area (Å²) in [4.78, 5) is 2.57. The Kier molecular flexibility index (Phi) is 4.99. The van der Waals surface area contributed by atoms with E-state index in [0.29, 0.717) is 19.3 Å². The van der Waals surface area contributed by atoms with Crippen molar-refractivity contribution in [3.8, 4) is 11.5 Å². The Labute approximate surface area is 127 Å². The molecule has 0 saturated carbocycles. The Morgan fingerprint density at radius 1 is 1.14 bits per heavy atom. The quantitative estimate of drug-likeness (QED) is 0.780. The summed E-state index contributed by atoms with van der Waals surface area (Å²) < 4.78 is 11.4. The maximum atomic E-state index is 5.86. The molecule has 0 spiro atoms. The largest absolute Gasteiger partial charge is 0.490 e. The number of hydrogen-bond donors (Lipinski definition) is 1. The molecule has 3 aliphatic rings. The van der Waals surface area contributed by atoms with Gasteiger partial charge in [-0.05, 0) is 50.9 Å². The maximum absolute atomic E-state index is 5.86. The summed E-state index contributed by atoms with van der Waals surface area (Å²) in [6, 6.07) is 8.54. The van der Waals surface area contributed by atoms with Gasteiger partial charge >= 0.3 is 0 Å². The minimum atomic E-state index is 0.651. The predicted molar refractivity (Wildman–Crippen MR) is 84.1 cm³/mol. The van der Waals surface area contributed by atoms with E-state index in [1.807, 2.05) is 31.2 Å². The Hall–Kier alpha value is -1.26. The van der Waals surface area contributed by atoms with E-state index in [1.165, 1.54) is 32.5 Å². The molecule has 3 saturated heterocycles. The van der Waals surface area contributed by atoms with E-state index in [0.717, 1.165) is 24.0 Å². The molecule has 1 aromatic rings. The van der Waals surface area contributed by atoms with E-state index in [1.54, 1.807) is 0 Å². The van der Waals surface area contributed by atoms with Crippen molar-refractivity contribution < 1.29 is 9.47 Å². The molecule has 21 heavy (non-hydrogen) atoms. The number of nitrogens with one attached hydrogen (secondary N) is 1. The first kappa shape index (κ1) is 14.7. The standard InChI is InChI=1S/C17H26N2O2/c1-2-20-16-5-3-4-6-17(16)21-12-9-18-15-13-19-10-7-14(15)8-11-19/h3-6,14-15,18H,2,7-13H2,1H3. The van der Waals surface area contributed by atoms with E-state index in [-0.39, 0.29) is 0 Å². The van der Waals surface area contributed by atoms with Crippen LogP contribution < -0.4 is 14.8 Å². The number of ether oxygens (including phenoxy) is 2. The van der Waals surface area contributed by atoms with E-state index < -0.39 is 0 Å². The zero-order valence-corrected chi connectivity index (χ0v) is 12.9. The molecule has 1 unspecified atom stereocenters. The molecule has 0 amide bonds. The lowest BCUT2D eigenvalue weighted by Gasteiger charge is -2.45. The van der Waals surface area contributed by atoms with Gasteiger partial charge in [-0.15, -0.1) is 0 Å². The Balaban J connectivity index is 1.42. The van der Waals surface area contributed by atoms with Crippen molar-refractivity contribution in [3.05, 3.63) is 24.3 Å². The van der Waals surface area contributed by atoms with Crippen LogP contribution in [0, 0.1) is 5.92 Å². The van der Waals surface area contributed by atoms with Gasteiger partial charge in [0.25, 0.3) is 0 Å². The van der Waals surface area contributed by atoms with Crippen molar-refractivity contribution in [2.75, 3.05) is 39.4 Å². The van der Waals surface area contributed by atoms with Gasteiger partial charge in [0.05, 0.1) is 6.61 Å². The lowest BCUT2D eigenvalue weighted by Crippen LogP contribution is -2.56. The third-order valence-electron chi connectivity index (χ3n) is 4.57. The second kappa shape index (κ2) is 7.14. The molecule has 3 aliphatic heterocycles. The van der Waals surface area contributed by atoms with E-state index in [4.69, 9.17) is 9.47 Å². The molecule has 2 bridgehead atoms. The molecule has 1 N–H and O–H groups in total. The van der Waals surface area contributed by atoms with Crippen molar-refractivity contribution in [2.24, 2.45) is 5.92 Å². The Morgan fingerprint density at radius 3 is 2.48 bits per heavy atom. The molecule has 3 heterocycles. The fraction of sp³-hybridized carbons (Fsp3) is 0.647. The number of hydrogen-bond acceptors (Lipinski definition) is 4. The second-order valence-electron chi connectivity index (χ2n) is 5.93. The third-order valence-corrected chi connectivity index (χ3v) is 4.57. The third kappa shape index (κ3) is 3.69. The van der Waals surface area contributed by atoms with Gasteiger partial charge < -0.3 is 19.7 Å². The highest BCUT2D eigenvalue weighted by atomic mass is 16.5. The van der Waals surface area contributed by atoms with E-state index in [2.05, 4.69) is 10.2 Å². The van der Waals surface area contributed by atoms with Crippen molar-refractivity contribution in [1.29, 1.82) is 0 Å². The summed E-state index contributed by atoms with van der Waals surface area (Å²) >= 11 is 0. The van der Waals surface area contributed by atoms with Crippen LogP contribution in [0.4, 0.5) is 0 Å². The first-order chi connectivity index (χ1) is 10.4. The van der Waals surface area contributed by atoms with Crippen molar-refractivity contribution in [1.82, 2.24) is 10.2 Å². The minimum Gasteiger partial charge on any atom is -0.490 e. The van der Waals surface area contributed by atoms with Crippen LogP contribution in [-0.2, 0) is 0 Å². The highest BCUT2D eigenvalue weighted by Crippen LogP contribution is 2.28. The molecule has 1 aromatic carbocycles. The Morgan fingerprint density at radius 2 is 1.86 bits per heavy atom. The van der Waals surface area contributed by atoms with Gasteiger partial charge in [-0.2, -0.15) is 0 Å². The minimum absolute atomic E-state index is 0.651. The normalized spacial score (nSPS) is 27.6. The molecular formula is C17H26N2O2. The highest BCUT2D eigenvalue weighted by Gasteiger charge is 2.33. The topological polar surface area (TPSA) is 33.7 Å². The summed E-state index contributed by atoms with van der Waals surface area (Å²) in [5.41, 5.74) is 0. The summed E-state index contributed by atoms with van der Waals surface area (Å²) in [6.07, 6.45) is 2.71. The Bertz CT molecular complexity index is 444. The van der Waals surface area contributed by atoms with Crippen LogP contribution in [0.25, 0.3) is 0 Å². The highest BCUT2D eigenvalue weighted by molar-refractivity contribution is 5.39. The lowest BCUT2D eigenvalue weighted by atomic mass is 9.84. The zero-order valence-electron chi connectivity index (χ0n) is 12.9. The van der Waals surface area contributed by atoms with Gasteiger partial charge in [0.1, 0.15) is 6.61 Å². The molecule has 0 aliphatic carbocycles. The predicted octanol–water partition coefficient (Wildman–Crippen LogP) is 2.15. The van der Waals surface area contributed by atoms with Crippen molar-refractivity contribution in [2.45, 2.75) is 25.8 Å². The van der Waals surface area contributed by atoms with Gasteiger partial charge in [0, 0.05) is 19.1 Å². The molecule has 116 valence electrons. The van der Waals surface area contributed by atoms with Crippen LogP contribution in [0.3, 0.4) is 0 Å². The van der Waals surface area contributed by atoms with Crippen LogP contribution in [0.15, 0.2) is 24.3 Å². The average Bonchev–Trinajstić information content (AvgIpc) is 2.54. The number of rotatable bonds is 7. The zero-order chi connectivity index (χ0) is 14.5. The molecule has 0 radical (unpaired) electrons. The van der Waals surface area contributed by atoms with Crippen molar-refractivity contribution in [3.63, 3.8) is 0 Å². The summed E-state index contributed by atoms with van der Waals surface area (Å²) in [5.74, 6) is 2.55. The molecule has 1 atom stereocenters. The van der Waals surface area contributed by atoms with E-state index in [9.17, 15) is 0 Å². The maximum Gasteiger partial charge on any atom is 0.161 e. The number of nitrogens with zero attached hydrogens (tertiary/aromatic N) is 1. The molecule has 0 aromatic heterocycles. The van der Waals surface area contributed by atoms with Gasteiger partial charge in [-0.3, -0.25) is 0 Å². The van der Waals surface area contributed by atoms with Crippen LogP contribution in [0.2, 0.25) is 0 Å². The van der Waals surface area contributed by atoms with E-state index >= 15 is 0 Å². The van der Waals surface area contributed by atoms with Crippen LogP contribution in [0.1, 0.15) is 19.8 Å². The number of fused-ring (bicyclic) bond motifs is 3. The molecule has 4 rings (SSSR count). The fourth-order valence-electron chi connectivity index (χ4n) is 3.45. The SMILES string of the molecule is CCOc1ccccc1OCCNC1CN2CCC1CC2. The van der Waals surface area contributed by atoms with Gasteiger partial charge in [0.15, 0.2) is 11.5 Å². The first-order valence-corrected chi connectivity index (χ1v) is 8.17. The summed E-state index contributed by atoms with van der Waals surface area (Å²) in [5, 5.41) is 3.67. The monoisotopic (exact) mass is 290 g/mol. The summed E-state index contributed by atoms with van der Waals surface area (Å²) in [7, 11) is 0. The van der Waals surface area contributed by atoms with Crippen molar-refractivity contribution >= 4 is 0 Å². The molecule has 4 nitrogen and oxygen atoms in total. The number of para-hydroxylation sites is 2. The number of benzene rings is 1. The molecule has 4 heteroatoms. The number of piperidine rings is 3. The average molecular weight is 290 g/mol. The van der Waals surface area contributed by atoms with Crippen LogP contribution in [0.5, 0.6) is 11.5 Å². The fourth-order valence-corrected chi connectivity index (χ4v) is 3.45. The van der Waals surface area contributed by atoms with Gasteiger partial charge in [-0.25, -0.2) is 0 Å². The molecular weight excluding hydrogens is 264 g/mol. The lowest BCUT2D eigenvalue weighted by molar-refractivity contribution is 0.0709. The smallest absolute Gasteiger partial charge is 0.161 e. The first-order valence-electron chi connectivity index (χ1n) is 8.17.